The molecule has 0 aliphatic carbocycles. The molecule has 0 saturated carbocycles. The van der Waals surface area contributed by atoms with Crippen LogP contribution in [0.3, 0.4) is 0 Å². The number of carbonyl (C=O) groups is 1. The predicted molar refractivity (Wildman–Crippen MR) is 64.7 cm³/mol. The first-order valence-electron chi connectivity index (χ1n) is 5.62. The van der Waals surface area contributed by atoms with Crippen LogP contribution >= 0.6 is 0 Å². The van der Waals surface area contributed by atoms with Gasteiger partial charge < -0.3 is 15.6 Å². The van der Waals surface area contributed by atoms with E-state index in [1.54, 1.807) is 13.1 Å². The number of nitrogens with two attached hydrogens (primary N) is 1. The second-order valence-electron chi connectivity index (χ2n) is 3.85. The van der Waals surface area contributed by atoms with Crippen LogP contribution in [0.15, 0.2) is 16.8 Å². The molecule has 0 bridgehead atoms. The Hall–Kier alpha value is -2.31. The lowest BCUT2D eigenvalue weighted by molar-refractivity contribution is 0.0938. The van der Waals surface area contributed by atoms with E-state index in [0.29, 0.717) is 23.6 Å². The van der Waals surface area contributed by atoms with Crippen LogP contribution in [0.5, 0.6) is 0 Å². The van der Waals surface area contributed by atoms with Crippen LogP contribution in [0.1, 0.15) is 28.9 Å². The summed E-state index contributed by atoms with van der Waals surface area (Å²) >= 11 is 0. The second-order valence-corrected chi connectivity index (χ2v) is 3.85. The Morgan fingerprint density at radius 1 is 1.61 bits per heavy atom. The number of anilines is 1. The lowest BCUT2D eigenvalue weighted by atomic mass is 10.2. The minimum absolute atomic E-state index is 0.269. The van der Waals surface area contributed by atoms with Gasteiger partial charge in [0.25, 0.3) is 5.91 Å². The third kappa shape index (κ3) is 2.20. The van der Waals surface area contributed by atoms with Gasteiger partial charge in [0.15, 0.2) is 5.76 Å². The quantitative estimate of drug-likeness (QED) is 0.821. The average Bonchev–Trinajstić information content (AvgIpc) is 2.94. The summed E-state index contributed by atoms with van der Waals surface area (Å²) in [5, 5.41) is 10.5. The minimum atomic E-state index is -0.279. The second kappa shape index (κ2) is 4.91. The van der Waals surface area contributed by atoms with Gasteiger partial charge in [-0.15, -0.1) is 0 Å². The standard InChI is InChI=1S/C11H15N5O2/c1-3-8-9(12)10(16(2)15-8)11(17)13-6-7-4-5-14-18-7/h4-5H,3,6,12H2,1-2H3,(H,13,17). The highest BCUT2D eigenvalue weighted by Crippen LogP contribution is 2.16. The van der Waals surface area contributed by atoms with Crippen molar-refractivity contribution in [2.24, 2.45) is 7.05 Å². The number of carbonyl (C=O) groups excluding carboxylic acids is 1. The predicted octanol–water partition coefficient (Wildman–Crippen LogP) is 0.483. The van der Waals surface area contributed by atoms with Gasteiger partial charge in [0.05, 0.1) is 24.1 Å². The molecule has 7 heteroatoms. The number of aromatic nitrogens is 3. The molecule has 0 saturated heterocycles. The van der Waals surface area contributed by atoms with Crippen molar-refractivity contribution in [3.05, 3.63) is 29.4 Å². The number of rotatable bonds is 4. The Balaban J connectivity index is 2.11. The molecule has 0 aliphatic rings. The molecule has 2 aromatic heterocycles. The molecule has 18 heavy (non-hydrogen) atoms. The van der Waals surface area contributed by atoms with E-state index in [4.69, 9.17) is 10.3 Å². The smallest absolute Gasteiger partial charge is 0.272 e. The van der Waals surface area contributed by atoms with Gasteiger partial charge in [-0.3, -0.25) is 9.48 Å². The lowest BCUT2D eigenvalue weighted by Gasteiger charge is -2.04. The summed E-state index contributed by atoms with van der Waals surface area (Å²) in [6.45, 7) is 2.21. The maximum atomic E-state index is 12.0. The first-order valence-corrected chi connectivity index (χ1v) is 5.62. The molecule has 2 rings (SSSR count). The van der Waals surface area contributed by atoms with E-state index in [9.17, 15) is 4.79 Å². The van der Waals surface area contributed by atoms with Crippen LogP contribution in [0, 0.1) is 0 Å². The molecule has 0 radical (unpaired) electrons. The Labute approximate surface area is 104 Å². The summed E-state index contributed by atoms with van der Waals surface area (Å²) in [7, 11) is 1.69. The fourth-order valence-electron chi connectivity index (χ4n) is 1.71. The monoisotopic (exact) mass is 249 g/mol. The summed E-state index contributed by atoms with van der Waals surface area (Å²) in [6.07, 6.45) is 2.21. The van der Waals surface area contributed by atoms with E-state index in [1.165, 1.54) is 10.9 Å². The lowest BCUT2D eigenvalue weighted by Crippen LogP contribution is -2.25. The Morgan fingerprint density at radius 2 is 2.39 bits per heavy atom. The maximum absolute atomic E-state index is 12.0. The first-order chi connectivity index (χ1) is 8.63. The van der Waals surface area contributed by atoms with Crippen molar-refractivity contribution < 1.29 is 9.32 Å². The van der Waals surface area contributed by atoms with E-state index < -0.39 is 0 Å². The number of hydrogen-bond acceptors (Lipinski definition) is 5. The summed E-state index contributed by atoms with van der Waals surface area (Å²) in [5.41, 5.74) is 7.40. The van der Waals surface area contributed by atoms with Crippen LogP contribution in [-0.4, -0.2) is 20.8 Å². The highest BCUT2D eigenvalue weighted by atomic mass is 16.5. The molecular formula is C11H15N5O2. The number of amides is 1. The fourth-order valence-corrected chi connectivity index (χ4v) is 1.71. The Morgan fingerprint density at radius 3 is 2.94 bits per heavy atom. The minimum Gasteiger partial charge on any atom is -0.395 e. The van der Waals surface area contributed by atoms with Gasteiger partial charge in [0.2, 0.25) is 0 Å². The van der Waals surface area contributed by atoms with E-state index in [0.717, 1.165) is 5.69 Å². The van der Waals surface area contributed by atoms with E-state index >= 15 is 0 Å². The molecule has 0 aliphatic heterocycles. The van der Waals surface area contributed by atoms with Crippen molar-refractivity contribution in [1.29, 1.82) is 0 Å². The molecule has 3 N–H and O–H groups in total. The van der Waals surface area contributed by atoms with Crippen LogP contribution < -0.4 is 11.1 Å². The third-order valence-corrected chi connectivity index (χ3v) is 2.62. The van der Waals surface area contributed by atoms with Gasteiger partial charge in [-0.25, -0.2) is 0 Å². The zero-order chi connectivity index (χ0) is 13.1. The maximum Gasteiger partial charge on any atom is 0.272 e. The Kier molecular flexibility index (Phi) is 3.31. The SMILES string of the molecule is CCc1nn(C)c(C(=O)NCc2ccno2)c1N. The van der Waals surface area contributed by atoms with Crippen molar-refractivity contribution in [2.45, 2.75) is 19.9 Å². The molecule has 2 heterocycles. The molecule has 96 valence electrons. The molecule has 0 aromatic carbocycles. The topological polar surface area (TPSA) is 99.0 Å². The highest BCUT2D eigenvalue weighted by Gasteiger charge is 2.18. The van der Waals surface area contributed by atoms with Crippen molar-refractivity contribution in [1.82, 2.24) is 20.3 Å². The zero-order valence-corrected chi connectivity index (χ0v) is 10.3. The van der Waals surface area contributed by atoms with Crippen LogP contribution in [-0.2, 0) is 20.0 Å². The first kappa shape index (κ1) is 12.2. The number of aryl methyl sites for hydroxylation is 2. The van der Waals surface area contributed by atoms with E-state index in [-0.39, 0.29) is 12.5 Å². The van der Waals surface area contributed by atoms with Crippen LogP contribution in [0.4, 0.5) is 5.69 Å². The number of nitrogens with zero attached hydrogens (tertiary/aromatic N) is 3. The van der Waals surface area contributed by atoms with Gasteiger partial charge in [-0.05, 0) is 6.42 Å². The zero-order valence-electron chi connectivity index (χ0n) is 10.3. The molecule has 2 aromatic rings. The van der Waals surface area contributed by atoms with Crippen molar-refractivity contribution in [3.8, 4) is 0 Å². The molecule has 0 fully saturated rings. The molecule has 1 amide bonds. The largest absolute Gasteiger partial charge is 0.395 e. The number of hydrogen-bond donors (Lipinski definition) is 2. The van der Waals surface area contributed by atoms with Crippen LogP contribution in [0.2, 0.25) is 0 Å². The summed E-state index contributed by atoms with van der Waals surface area (Å²) in [4.78, 5) is 12.0. The van der Waals surface area contributed by atoms with Gasteiger partial charge in [0, 0.05) is 13.1 Å². The summed E-state index contributed by atoms with van der Waals surface area (Å²) in [5.74, 6) is 0.304. The average molecular weight is 249 g/mol. The third-order valence-electron chi connectivity index (χ3n) is 2.62. The normalized spacial score (nSPS) is 10.6. The summed E-state index contributed by atoms with van der Waals surface area (Å²) < 4.78 is 6.38. The molecule has 0 spiro atoms. The van der Waals surface area contributed by atoms with E-state index in [1.807, 2.05) is 6.92 Å². The molecule has 7 nitrogen and oxygen atoms in total. The Bertz CT molecular complexity index is 544. The van der Waals surface area contributed by atoms with Crippen molar-refractivity contribution >= 4 is 11.6 Å². The highest BCUT2D eigenvalue weighted by molar-refractivity contribution is 5.97. The van der Waals surface area contributed by atoms with Gasteiger partial charge in [0.1, 0.15) is 5.69 Å². The number of nitrogen functional groups attached to an aromatic ring is 1. The number of nitrogens with one attached hydrogen (secondary N) is 1. The van der Waals surface area contributed by atoms with Crippen molar-refractivity contribution in [3.63, 3.8) is 0 Å². The van der Waals surface area contributed by atoms with Crippen LogP contribution in [0.25, 0.3) is 0 Å². The van der Waals surface area contributed by atoms with Crippen molar-refractivity contribution in [2.75, 3.05) is 5.73 Å². The molecule has 0 atom stereocenters. The van der Waals surface area contributed by atoms with E-state index in [2.05, 4.69) is 15.6 Å². The van der Waals surface area contributed by atoms with Gasteiger partial charge in [-0.2, -0.15) is 5.10 Å². The molecule has 0 unspecified atom stereocenters. The fraction of sp³-hybridized carbons (Fsp3) is 0.364. The van der Waals surface area contributed by atoms with Gasteiger partial charge in [-0.1, -0.05) is 12.1 Å². The summed E-state index contributed by atoms with van der Waals surface area (Å²) in [6, 6.07) is 1.68. The molecular weight excluding hydrogens is 234 g/mol. The van der Waals surface area contributed by atoms with Gasteiger partial charge >= 0.3 is 0 Å².